The Morgan fingerprint density at radius 3 is 2.39 bits per heavy atom. The van der Waals surface area contributed by atoms with Crippen molar-refractivity contribution < 1.29 is 14.3 Å². The van der Waals surface area contributed by atoms with Crippen LogP contribution in [-0.2, 0) is 0 Å². The number of rotatable bonds is 4. The quantitative estimate of drug-likeness (QED) is 0.882. The number of nitrogens with one attached hydrogen (secondary N) is 1. The molecule has 4 nitrogen and oxygen atoms in total. The van der Waals surface area contributed by atoms with Gasteiger partial charge in [-0.15, -0.1) is 6.42 Å². The van der Waals surface area contributed by atoms with E-state index in [0.717, 1.165) is 0 Å². The summed E-state index contributed by atoms with van der Waals surface area (Å²) >= 11 is 0. The number of ketones is 2. The van der Waals surface area contributed by atoms with Gasteiger partial charge in [-0.05, 0) is 24.3 Å². The number of carbonyl (C=O) groups is 2. The lowest BCUT2D eigenvalue weighted by molar-refractivity contribution is 0.0985. The predicted octanol–water partition coefficient (Wildman–Crippen LogP) is 3.07. The second-order valence-electron chi connectivity index (χ2n) is 4.94. The van der Waals surface area contributed by atoms with Gasteiger partial charge in [-0.2, -0.15) is 0 Å². The average molecular weight is 303 g/mol. The number of hydrogen-bond donors (Lipinski definition) is 1. The first-order chi connectivity index (χ1) is 11.2. The van der Waals surface area contributed by atoms with Gasteiger partial charge in [-0.3, -0.25) is 9.59 Å². The molecule has 1 aliphatic carbocycles. The fourth-order valence-corrected chi connectivity index (χ4v) is 2.32. The zero-order chi connectivity index (χ0) is 16.2. The van der Waals surface area contributed by atoms with Crippen molar-refractivity contribution in [3.63, 3.8) is 0 Å². The maximum atomic E-state index is 12.4. The van der Waals surface area contributed by atoms with Gasteiger partial charge in [0.15, 0.2) is 5.78 Å². The van der Waals surface area contributed by atoms with E-state index in [2.05, 4.69) is 11.2 Å². The van der Waals surface area contributed by atoms with E-state index >= 15 is 0 Å². The van der Waals surface area contributed by atoms with E-state index in [1.54, 1.807) is 48.5 Å². The third-order valence-corrected chi connectivity index (χ3v) is 3.41. The van der Waals surface area contributed by atoms with Crippen LogP contribution in [0.2, 0.25) is 0 Å². The second kappa shape index (κ2) is 6.20. The van der Waals surface area contributed by atoms with E-state index in [1.807, 2.05) is 0 Å². The van der Waals surface area contributed by atoms with Crippen molar-refractivity contribution in [2.75, 3.05) is 11.9 Å². The number of fused-ring (bicyclic) bond motifs is 1. The maximum absolute atomic E-state index is 12.4. The minimum absolute atomic E-state index is 0.184. The molecule has 0 aromatic heterocycles. The Kier molecular flexibility index (Phi) is 3.94. The number of Topliss-reactive ketones (excluding diaryl/α,β-unsaturated/α-hetero) is 1. The first kappa shape index (κ1) is 14.6. The van der Waals surface area contributed by atoms with Crippen molar-refractivity contribution in [2.24, 2.45) is 0 Å². The van der Waals surface area contributed by atoms with Gasteiger partial charge in [0, 0.05) is 22.9 Å². The molecule has 1 N–H and O–H groups in total. The van der Waals surface area contributed by atoms with Gasteiger partial charge in [-0.1, -0.05) is 30.2 Å². The molecular formula is C19H13NO3. The molecule has 0 spiro atoms. The van der Waals surface area contributed by atoms with Crippen molar-refractivity contribution in [1.29, 1.82) is 0 Å². The van der Waals surface area contributed by atoms with Crippen molar-refractivity contribution in [3.05, 3.63) is 71.4 Å². The molecular weight excluding hydrogens is 290 g/mol. The SMILES string of the molecule is C#CCOc1ccc(NC2=CC(=O)c3ccccc3C2=O)cc1. The average Bonchev–Trinajstić information content (AvgIpc) is 2.59. The summed E-state index contributed by atoms with van der Waals surface area (Å²) in [5, 5.41) is 2.98. The summed E-state index contributed by atoms with van der Waals surface area (Å²) < 4.78 is 5.29. The summed E-state index contributed by atoms with van der Waals surface area (Å²) in [6.45, 7) is 0.196. The van der Waals surface area contributed by atoms with Crippen molar-refractivity contribution >= 4 is 17.3 Å². The highest BCUT2D eigenvalue weighted by Gasteiger charge is 2.25. The van der Waals surface area contributed by atoms with Crippen LogP contribution in [0, 0.1) is 12.3 Å². The fraction of sp³-hybridized carbons (Fsp3) is 0.0526. The van der Waals surface area contributed by atoms with E-state index in [0.29, 0.717) is 22.6 Å². The fourth-order valence-electron chi connectivity index (χ4n) is 2.32. The Balaban J connectivity index is 1.80. The van der Waals surface area contributed by atoms with Gasteiger partial charge in [0.05, 0.1) is 5.70 Å². The van der Waals surface area contributed by atoms with Crippen LogP contribution < -0.4 is 10.1 Å². The molecule has 0 amide bonds. The van der Waals surface area contributed by atoms with E-state index in [-0.39, 0.29) is 23.9 Å². The number of hydrogen-bond acceptors (Lipinski definition) is 4. The van der Waals surface area contributed by atoms with Crippen LogP contribution in [0.15, 0.2) is 60.3 Å². The monoisotopic (exact) mass is 303 g/mol. The molecule has 2 aromatic rings. The van der Waals surface area contributed by atoms with E-state index in [9.17, 15) is 9.59 Å². The van der Waals surface area contributed by atoms with Gasteiger partial charge >= 0.3 is 0 Å². The Bertz CT molecular complexity index is 842. The van der Waals surface area contributed by atoms with Crippen LogP contribution in [-0.4, -0.2) is 18.2 Å². The van der Waals surface area contributed by atoms with Crippen LogP contribution >= 0.6 is 0 Å². The van der Waals surface area contributed by atoms with Gasteiger partial charge < -0.3 is 10.1 Å². The van der Waals surface area contributed by atoms with E-state index in [1.165, 1.54) is 6.08 Å². The summed E-state index contributed by atoms with van der Waals surface area (Å²) in [5.74, 6) is 2.64. The molecule has 0 saturated heterocycles. The highest BCUT2D eigenvalue weighted by Crippen LogP contribution is 2.23. The van der Waals surface area contributed by atoms with Crippen LogP contribution in [0.1, 0.15) is 20.7 Å². The van der Waals surface area contributed by atoms with Crippen LogP contribution in [0.3, 0.4) is 0 Å². The third-order valence-electron chi connectivity index (χ3n) is 3.41. The molecule has 0 saturated carbocycles. The highest BCUT2D eigenvalue weighted by molar-refractivity contribution is 6.25. The summed E-state index contributed by atoms with van der Waals surface area (Å²) in [5.41, 5.74) is 1.79. The van der Waals surface area contributed by atoms with Crippen LogP contribution in [0.25, 0.3) is 0 Å². The molecule has 0 unspecified atom stereocenters. The molecule has 2 aromatic carbocycles. The topological polar surface area (TPSA) is 55.4 Å². The lowest BCUT2D eigenvalue weighted by Crippen LogP contribution is -2.21. The minimum Gasteiger partial charge on any atom is -0.481 e. The van der Waals surface area contributed by atoms with E-state index < -0.39 is 0 Å². The normalized spacial score (nSPS) is 12.9. The van der Waals surface area contributed by atoms with Crippen molar-refractivity contribution in [2.45, 2.75) is 0 Å². The summed E-state index contributed by atoms with van der Waals surface area (Å²) in [6.07, 6.45) is 6.46. The number of terminal acetylenes is 1. The molecule has 0 atom stereocenters. The number of allylic oxidation sites excluding steroid dienone is 2. The summed E-state index contributed by atoms with van der Waals surface area (Å²) in [6, 6.07) is 13.8. The zero-order valence-electron chi connectivity index (χ0n) is 12.2. The lowest BCUT2D eigenvalue weighted by atomic mass is 9.92. The molecule has 0 radical (unpaired) electrons. The van der Waals surface area contributed by atoms with Crippen molar-refractivity contribution in [1.82, 2.24) is 0 Å². The maximum Gasteiger partial charge on any atom is 0.210 e. The summed E-state index contributed by atoms with van der Waals surface area (Å²) in [7, 11) is 0. The third kappa shape index (κ3) is 2.99. The Morgan fingerprint density at radius 1 is 1.00 bits per heavy atom. The molecule has 0 bridgehead atoms. The minimum atomic E-state index is -0.201. The van der Waals surface area contributed by atoms with Gasteiger partial charge in [0.1, 0.15) is 12.4 Å². The molecule has 0 heterocycles. The predicted molar refractivity (Wildman–Crippen MR) is 87.6 cm³/mol. The van der Waals surface area contributed by atoms with Crippen molar-refractivity contribution in [3.8, 4) is 18.1 Å². The van der Waals surface area contributed by atoms with Gasteiger partial charge in [0.2, 0.25) is 5.78 Å². The lowest BCUT2D eigenvalue weighted by Gasteiger charge is -2.16. The summed E-state index contributed by atoms with van der Waals surface area (Å²) in [4.78, 5) is 24.5. The standard InChI is InChI=1S/C19H13NO3/c1-2-11-23-14-9-7-13(8-10-14)20-17-12-18(21)15-5-3-4-6-16(15)19(17)22/h1,3-10,12,20H,11H2. The zero-order valence-corrected chi connectivity index (χ0v) is 12.2. The molecule has 23 heavy (non-hydrogen) atoms. The van der Waals surface area contributed by atoms with Gasteiger partial charge in [0.25, 0.3) is 0 Å². The smallest absolute Gasteiger partial charge is 0.210 e. The number of carbonyl (C=O) groups excluding carboxylic acids is 2. The van der Waals surface area contributed by atoms with Gasteiger partial charge in [-0.25, -0.2) is 0 Å². The molecule has 4 heteroatoms. The molecule has 1 aliphatic rings. The Labute approximate surface area is 133 Å². The molecule has 3 rings (SSSR count). The Morgan fingerprint density at radius 2 is 1.70 bits per heavy atom. The molecule has 0 fully saturated rings. The number of anilines is 1. The largest absolute Gasteiger partial charge is 0.481 e. The number of benzene rings is 2. The molecule has 112 valence electrons. The second-order valence-corrected chi connectivity index (χ2v) is 4.94. The van der Waals surface area contributed by atoms with Crippen LogP contribution in [0.5, 0.6) is 5.75 Å². The number of ether oxygens (including phenoxy) is 1. The molecule has 0 aliphatic heterocycles. The highest BCUT2D eigenvalue weighted by atomic mass is 16.5. The first-order valence-electron chi connectivity index (χ1n) is 7.02. The van der Waals surface area contributed by atoms with Crippen LogP contribution in [0.4, 0.5) is 5.69 Å². The Hall–Kier alpha value is -3.32. The first-order valence-corrected chi connectivity index (χ1v) is 7.02. The van der Waals surface area contributed by atoms with E-state index in [4.69, 9.17) is 11.2 Å².